The number of aryl methyl sites for hydroxylation is 1. The molecule has 1 N–H and O–H groups in total. The molecule has 0 saturated carbocycles. The third-order valence-electron chi connectivity index (χ3n) is 4.84. The first-order valence-corrected chi connectivity index (χ1v) is 9.40. The molecule has 1 unspecified atom stereocenters. The van der Waals surface area contributed by atoms with Crippen LogP contribution in [0.4, 0.5) is 0 Å². The highest BCUT2D eigenvalue weighted by atomic mass is 16.6. The summed E-state index contributed by atoms with van der Waals surface area (Å²) in [6, 6.07) is 13.2. The van der Waals surface area contributed by atoms with E-state index < -0.39 is 5.97 Å². The number of fused-ring (bicyclic) bond motifs is 1. The molecule has 150 valence electrons. The second-order valence-corrected chi connectivity index (χ2v) is 6.88. The summed E-state index contributed by atoms with van der Waals surface area (Å²) in [6.45, 7) is 1.51. The third kappa shape index (κ3) is 4.34. The molecule has 1 aliphatic heterocycles. The monoisotopic (exact) mass is 394 g/mol. The molecule has 0 saturated heterocycles. The van der Waals surface area contributed by atoms with Crippen LogP contribution in [0.15, 0.2) is 54.9 Å². The van der Waals surface area contributed by atoms with E-state index in [4.69, 9.17) is 14.2 Å². The van der Waals surface area contributed by atoms with Crippen molar-refractivity contribution < 1.29 is 24.1 Å². The molecule has 0 fully saturated rings. The van der Waals surface area contributed by atoms with Crippen molar-refractivity contribution in [2.45, 2.75) is 18.9 Å². The van der Waals surface area contributed by atoms with Crippen LogP contribution < -0.4 is 14.2 Å². The number of carbonyl (C=O) groups is 1. The number of benzene rings is 2. The van der Waals surface area contributed by atoms with E-state index in [9.17, 15) is 9.90 Å². The number of hydrogen-bond donors (Lipinski definition) is 1. The fraction of sp³-hybridized carbons (Fsp3) is 0.273. The van der Waals surface area contributed by atoms with Gasteiger partial charge in [0.1, 0.15) is 31.4 Å². The fourth-order valence-electron chi connectivity index (χ4n) is 3.39. The smallest absolute Gasteiger partial charge is 0.304 e. The van der Waals surface area contributed by atoms with Gasteiger partial charge in [-0.2, -0.15) is 0 Å². The van der Waals surface area contributed by atoms with Crippen LogP contribution in [0.3, 0.4) is 0 Å². The largest absolute Gasteiger partial charge is 0.489 e. The predicted octanol–water partition coefficient (Wildman–Crippen LogP) is 3.38. The maximum Gasteiger partial charge on any atom is 0.304 e. The van der Waals surface area contributed by atoms with Gasteiger partial charge >= 0.3 is 5.97 Å². The lowest BCUT2D eigenvalue weighted by molar-refractivity contribution is -0.137. The summed E-state index contributed by atoms with van der Waals surface area (Å²) in [6.07, 6.45) is 3.46. The normalized spacial score (nSPS) is 13.7. The third-order valence-corrected chi connectivity index (χ3v) is 4.84. The van der Waals surface area contributed by atoms with E-state index in [1.165, 1.54) is 0 Å². The van der Waals surface area contributed by atoms with Crippen molar-refractivity contribution in [3.63, 3.8) is 0 Å². The Morgan fingerprint density at radius 1 is 1.17 bits per heavy atom. The fourth-order valence-corrected chi connectivity index (χ4v) is 3.39. The first kappa shape index (κ1) is 18.9. The van der Waals surface area contributed by atoms with Crippen molar-refractivity contribution in [2.24, 2.45) is 7.05 Å². The average Bonchev–Trinajstić information content (AvgIpc) is 3.16. The van der Waals surface area contributed by atoms with Crippen LogP contribution in [0.5, 0.6) is 17.2 Å². The highest BCUT2D eigenvalue weighted by molar-refractivity contribution is 5.68. The van der Waals surface area contributed by atoms with E-state index in [0.717, 1.165) is 28.5 Å². The van der Waals surface area contributed by atoms with E-state index in [1.807, 2.05) is 60.3 Å². The molecular weight excluding hydrogens is 372 g/mol. The Bertz CT molecular complexity index is 997. The minimum atomic E-state index is -0.864. The van der Waals surface area contributed by atoms with Crippen LogP contribution in [-0.2, 0) is 18.4 Å². The maximum absolute atomic E-state index is 11.3. The van der Waals surface area contributed by atoms with Gasteiger partial charge in [-0.1, -0.05) is 18.2 Å². The average molecular weight is 394 g/mol. The van der Waals surface area contributed by atoms with Crippen molar-refractivity contribution >= 4 is 5.97 Å². The quantitative estimate of drug-likeness (QED) is 0.662. The predicted molar refractivity (Wildman–Crippen MR) is 106 cm³/mol. The van der Waals surface area contributed by atoms with E-state index in [0.29, 0.717) is 25.6 Å². The van der Waals surface area contributed by atoms with Gasteiger partial charge in [-0.15, -0.1) is 0 Å². The highest BCUT2D eigenvalue weighted by Crippen LogP contribution is 2.32. The van der Waals surface area contributed by atoms with Crippen molar-refractivity contribution in [1.29, 1.82) is 0 Å². The lowest BCUT2D eigenvalue weighted by Crippen LogP contribution is -2.15. The Labute approximate surface area is 168 Å². The molecule has 29 heavy (non-hydrogen) atoms. The van der Waals surface area contributed by atoms with Gasteiger partial charge in [0.2, 0.25) is 0 Å². The molecule has 0 aliphatic carbocycles. The lowest BCUT2D eigenvalue weighted by Gasteiger charge is -2.19. The molecule has 2 heterocycles. The second kappa shape index (κ2) is 8.26. The number of aromatic nitrogens is 2. The van der Waals surface area contributed by atoms with Gasteiger partial charge in [-0.25, -0.2) is 4.98 Å². The highest BCUT2D eigenvalue weighted by Gasteiger charge is 2.21. The Morgan fingerprint density at radius 3 is 2.62 bits per heavy atom. The summed E-state index contributed by atoms with van der Waals surface area (Å²) in [5.74, 6) is 1.73. The van der Waals surface area contributed by atoms with Gasteiger partial charge < -0.3 is 23.9 Å². The number of hydrogen-bond acceptors (Lipinski definition) is 5. The Balaban J connectivity index is 1.45. The standard InChI is InChI=1S/C22H22N2O5/c1-24-9-8-23-22(24)18(13-21(25)26)16-3-5-17(6-4-16)29-14-15-2-7-19-20(12-15)28-11-10-27-19/h2-9,12,18H,10-11,13-14H2,1H3,(H,25,26). The maximum atomic E-state index is 11.3. The summed E-state index contributed by atoms with van der Waals surface area (Å²) in [5.41, 5.74) is 1.86. The minimum absolute atomic E-state index is 0.0255. The lowest BCUT2D eigenvalue weighted by atomic mass is 9.94. The topological polar surface area (TPSA) is 82.8 Å². The van der Waals surface area contributed by atoms with Gasteiger partial charge in [0.15, 0.2) is 11.5 Å². The Hall–Kier alpha value is -3.48. The van der Waals surface area contributed by atoms with Crippen LogP contribution in [-0.4, -0.2) is 33.8 Å². The molecule has 0 spiro atoms. The van der Waals surface area contributed by atoms with E-state index >= 15 is 0 Å². The van der Waals surface area contributed by atoms with Crippen LogP contribution in [0.1, 0.15) is 29.3 Å². The molecule has 1 aliphatic rings. The number of carboxylic acids is 1. The van der Waals surface area contributed by atoms with Crippen LogP contribution in [0.25, 0.3) is 0 Å². The minimum Gasteiger partial charge on any atom is -0.489 e. The zero-order valence-electron chi connectivity index (χ0n) is 16.1. The van der Waals surface area contributed by atoms with Gasteiger partial charge in [0.05, 0.1) is 12.3 Å². The summed E-state index contributed by atoms with van der Waals surface area (Å²) in [4.78, 5) is 15.7. The van der Waals surface area contributed by atoms with Crippen molar-refractivity contribution in [2.75, 3.05) is 13.2 Å². The van der Waals surface area contributed by atoms with Gasteiger partial charge in [-0.05, 0) is 35.4 Å². The van der Waals surface area contributed by atoms with Crippen molar-refractivity contribution in [3.05, 3.63) is 71.8 Å². The molecule has 3 aromatic rings. The number of nitrogens with zero attached hydrogens (tertiary/aromatic N) is 2. The molecule has 1 atom stereocenters. The molecular formula is C22H22N2O5. The molecule has 0 radical (unpaired) electrons. The summed E-state index contributed by atoms with van der Waals surface area (Å²) in [7, 11) is 1.86. The number of carboxylic acid groups (broad SMARTS) is 1. The number of aliphatic carboxylic acids is 1. The summed E-state index contributed by atoms with van der Waals surface area (Å²) < 4.78 is 18.9. The SMILES string of the molecule is Cn1ccnc1C(CC(=O)O)c1ccc(OCc2ccc3c(c2)OCCO3)cc1. The summed E-state index contributed by atoms with van der Waals surface area (Å²) in [5, 5.41) is 9.30. The molecule has 2 aromatic carbocycles. The van der Waals surface area contributed by atoms with E-state index in [2.05, 4.69) is 4.98 Å². The number of imidazole rings is 1. The molecule has 0 amide bonds. The van der Waals surface area contributed by atoms with Crippen LogP contribution in [0, 0.1) is 0 Å². The Morgan fingerprint density at radius 2 is 1.93 bits per heavy atom. The van der Waals surface area contributed by atoms with Gasteiger partial charge in [0.25, 0.3) is 0 Å². The summed E-state index contributed by atoms with van der Waals surface area (Å²) >= 11 is 0. The number of rotatable bonds is 7. The van der Waals surface area contributed by atoms with E-state index in [1.54, 1.807) is 6.20 Å². The molecule has 7 nitrogen and oxygen atoms in total. The molecule has 1 aromatic heterocycles. The first-order chi connectivity index (χ1) is 14.1. The molecule has 4 rings (SSSR count). The van der Waals surface area contributed by atoms with Crippen LogP contribution >= 0.6 is 0 Å². The molecule has 0 bridgehead atoms. The van der Waals surface area contributed by atoms with Gasteiger partial charge in [-0.3, -0.25) is 4.79 Å². The van der Waals surface area contributed by atoms with Crippen LogP contribution in [0.2, 0.25) is 0 Å². The number of ether oxygens (including phenoxy) is 3. The van der Waals surface area contributed by atoms with Crippen molar-refractivity contribution in [1.82, 2.24) is 9.55 Å². The zero-order valence-corrected chi connectivity index (χ0v) is 16.1. The second-order valence-electron chi connectivity index (χ2n) is 6.88. The first-order valence-electron chi connectivity index (χ1n) is 9.40. The Kier molecular flexibility index (Phi) is 5.37. The van der Waals surface area contributed by atoms with Gasteiger partial charge in [0, 0.05) is 19.4 Å². The van der Waals surface area contributed by atoms with E-state index in [-0.39, 0.29) is 12.3 Å². The molecule has 7 heteroatoms. The van der Waals surface area contributed by atoms with Crippen molar-refractivity contribution in [3.8, 4) is 17.2 Å². The zero-order chi connectivity index (χ0) is 20.2.